The number of aromatic nitrogens is 1. The number of ether oxygens (including phenoxy) is 2. The number of rotatable bonds is 5. The molecular weight excluding hydrogens is 250 g/mol. The third kappa shape index (κ3) is 3.18. The van der Waals surface area contributed by atoms with Crippen molar-refractivity contribution < 1.29 is 14.0 Å². The van der Waals surface area contributed by atoms with Crippen molar-refractivity contribution in [3.8, 4) is 11.5 Å². The molecule has 0 radical (unpaired) electrons. The van der Waals surface area contributed by atoms with Crippen LogP contribution < -0.4 is 14.0 Å². The van der Waals surface area contributed by atoms with Gasteiger partial charge in [0.1, 0.15) is 6.54 Å². The van der Waals surface area contributed by atoms with Crippen LogP contribution in [0, 0.1) is 0 Å². The monoisotopic (exact) mass is 270 g/mol. The summed E-state index contributed by atoms with van der Waals surface area (Å²) in [5, 5.41) is 0. The molecule has 0 spiro atoms. The fourth-order valence-corrected chi connectivity index (χ4v) is 2.02. The Kier molecular flexibility index (Phi) is 4.77. The molecule has 2 aromatic rings. The predicted octanol–water partition coefficient (Wildman–Crippen LogP) is 3.18. The Bertz CT molecular complexity index is 588. The topological polar surface area (TPSA) is 22.3 Å². The minimum atomic E-state index is 0.742. The number of pyridine rings is 1. The molecule has 0 aliphatic heterocycles. The van der Waals surface area contributed by atoms with Gasteiger partial charge < -0.3 is 9.47 Å². The second-order valence-electron chi connectivity index (χ2n) is 4.38. The van der Waals surface area contributed by atoms with Crippen molar-refractivity contribution in [1.29, 1.82) is 0 Å². The molecule has 20 heavy (non-hydrogen) atoms. The fourth-order valence-electron chi connectivity index (χ4n) is 2.02. The van der Waals surface area contributed by atoms with Crippen LogP contribution in [0.25, 0.3) is 12.2 Å². The van der Waals surface area contributed by atoms with Crippen LogP contribution in [0.15, 0.2) is 42.7 Å². The average molecular weight is 270 g/mol. The number of hydrogen-bond donors (Lipinski definition) is 0. The number of hydrogen-bond acceptors (Lipinski definition) is 2. The van der Waals surface area contributed by atoms with Gasteiger partial charge in [-0.05, 0) is 18.6 Å². The van der Waals surface area contributed by atoms with Crippen molar-refractivity contribution >= 4 is 12.2 Å². The molecule has 2 rings (SSSR count). The van der Waals surface area contributed by atoms with E-state index < -0.39 is 0 Å². The van der Waals surface area contributed by atoms with Crippen LogP contribution in [0.4, 0.5) is 0 Å². The summed E-state index contributed by atoms with van der Waals surface area (Å²) in [5.41, 5.74) is 2.15. The highest BCUT2D eigenvalue weighted by atomic mass is 16.5. The summed E-state index contributed by atoms with van der Waals surface area (Å²) in [6.45, 7) is 3.10. The summed E-state index contributed by atoms with van der Waals surface area (Å²) in [6, 6.07) is 10.0. The van der Waals surface area contributed by atoms with Crippen molar-refractivity contribution in [2.75, 3.05) is 14.2 Å². The minimum Gasteiger partial charge on any atom is -0.493 e. The molecule has 0 bridgehead atoms. The van der Waals surface area contributed by atoms with Gasteiger partial charge in [0.2, 0.25) is 0 Å². The van der Waals surface area contributed by atoms with E-state index in [1.54, 1.807) is 14.2 Å². The highest BCUT2D eigenvalue weighted by Crippen LogP contribution is 2.31. The summed E-state index contributed by atoms with van der Waals surface area (Å²) in [5.74, 6) is 1.50. The summed E-state index contributed by atoms with van der Waals surface area (Å²) in [7, 11) is 3.30. The Labute approximate surface area is 120 Å². The van der Waals surface area contributed by atoms with Crippen LogP contribution in [-0.4, -0.2) is 14.2 Å². The summed E-state index contributed by atoms with van der Waals surface area (Å²) < 4.78 is 12.8. The molecule has 104 valence electrons. The zero-order chi connectivity index (χ0) is 14.4. The van der Waals surface area contributed by atoms with Gasteiger partial charge in [-0.15, -0.1) is 0 Å². The van der Waals surface area contributed by atoms with Gasteiger partial charge in [0.25, 0.3) is 0 Å². The van der Waals surface area contributed by atoms with Crippen LogP contribution in [0.5, 0.6) is 11.5 Å². The SMILES string of the molecule is CC[n+]1ccc(C=Cc2cccc(OC)c2OC)cc1. The molecule has 0 aliphatic rings. The summed E-state index contributed by atoms with van der Waals surface area (Å²) in [6.07, 6.45) is 8.25. The second kappa shape index (κ2) is 6.75. The number of para-hydroxylation sites is 1. The minimum absolute atomic E-state index is 0.742. The number of aryl methyl sites for hydroxylation is 1. The first-order valence-electron chi connectivity index (χ1n) is 6.66. The van der Waals surface area contributed by atoms with E-state index in [1.807, 2.05) is 24.3 Å². The molecule has 1 aromatic carbocycles. The second-order valence-corrected chi connectivity index (χ2v) is 4.38. The average Bonchev–Trinajstić information content (AvgIpc) is 2.52. The Morgan fingerprint density at radius 2 is 1.75 bits per heavy atom. The van der Waals surface area contributed by atoms with Gasteiger partial charge in [0.05, 0.1) is 14.2 Å². The molecule has 3 nitrogen and oxygen atoms in total. The van der Waals surface area contributed by atoms with E-state index in [0.29, 0.717) is 0 Å². The zero-order valence-corrected chi connectivity index (χ0v) is 12.2. The smallest absolute Gasteiger partial charge is 0.169 e. The molecule has 0 unspecified atom stereocenters. The van der Waals surface area contributed by atoms with Gasteiger partial charge in [-0.3, -0.25) is 0 Å². The molecule has 3 heteroatoms. The third-order valence-corrected chi connectivity index (χ3v) is 3.17. The van der Waals surface area contributed by atoms with E-state index in [-0.39, 0.29) is 0 Å². The third-order valence-electron chi connectivity index (χ3n) is 3.17. The standard InChI is InChI=1S/C17H20NO2/c1-4-18-12-10-14(11-13-18)8-9-15-6-5-7-16(19-2)17(15)20-3/h5-13H,4H2,1-3H3/q+1. The first kappa shape index (κ1) is 14.1. The molecule has 0 aliphatic carbocycles. The largest absolute Gasteiger partial charge is 0.493 e. The quantitative estimate of drug-likeness (QED) is 0.779. The molecule has 0 amide bonds. The van der Waals surface area contributed by atoms with Gasteiger partial charge >= 0.3 is 0 Å². The Morgan fingerprint density at radius 1 is 1.00 bits per heavy atom. The summed E-state index contributed by atoms with van der Waals surface area (Å²) >= 11 is 0. The van der Waals surface area contributed by atoms with E-state index in [1.165, 1.54) is 0 Å². The lowest BCUT2D eigenvalue weighted by molar-refractivity contribution is -0.693. The number of benzene rings is 1. The van der Waals surface area contributed by atoms with Gasteiger partial charge in [0.15, 0.2) is 23.9 Å². The van der Waals surface area contributed by atoms with Crippen molar-refractivity contribution in [3.05, 3.63) is 53.9 Å². The number of methoxy groups -OCH3 is 2. The van der Waals surface area contributed by atoms with E-state index in [4.69, 9.17) is 9.47 Å². The first-order chi connectivity index (χ1) is 9.78. The molecule has 0 atom stereocenters. The van der Waals surface area contributed by atoms with Gasteiger partial charge in [0, 0.05) is 17.7 Å². The maximum Gasteiger partial charge on any atom is 0.169 e. The van der Waals surface area contributed by atoms with E-state index in [9.17, 15) is 0 Å². The lowest BCUT2D eigenvalue weighted by Gasteiger charge is -2.09. The maximum absolute atomic E-state index is 5.41. The van der Waals surface area contributed by atoms with Crippen LogP contribution in [0.2, 0.25) is 0 Å². The normalized spacial score (nSPS) is 10.8. The van der Waals surface area contributed by atoms with Crippen molar-refractivity contribution in [3.63, 3.8) is 0 Å². The molecule has 0 N–H and O–H groups in total. The molecule has 0 fully saturated rings. The van der Waals surface area contributed by atoms with Crippen molar-refractivity contribution in [2.24, 2.45) is 0 Å². The van der Waals surface area contributed by atoms with Crippen LogP contribution >= 0.6 is 0 Å². The molecule has 1 aromatic heterocycles. The maximum atomic E-state index is 5.41. The summed E-state index contributed by atoms with van der Waals surface area (Å²) in [4.78, 5) is 0. The highest BCUT2D eigenvalue weighted by Gasteiger charge is 2.06. The zero-order valence-electron chi connectivity index (χ0n) is 12.2. The van der Waals surface area contributed by atoms with E-state index >= 15 is 0 Å². The lowest BCUT2D eigenvalue weighted by atomic mass is 10.1. The molecule has 0 saturated heterocycles. The van der Waals surface area contributed by atoms with Gasteiger partial charge in [-0.1, -0.05) is 24.3 Å². The van der Waals surface area contributed by atoms with Crippen molar-refractivity contribution in [1.82, 2.24) is 0 Å². The van der Waals surface area contributed by atoms with Crippen LogP contribution in [-0.2, 0) is 6.54 Å². The number of nitrogens with zero attached hydrogens (tertiary/aromatic N) is 1. The highest BCUT2D eigenvalue weighted by molar-refractivity contribution is 5.74. The van der Waals surface area contributed by atoms with Crippen LogP contribution in [0.3, 0.4) is 0 Å². The Balaban J connectivity index is 2.26. The Morgan fingerprint density at radius 3 is 2.35 bits per heavy atom. The van der Waals surface area contributed by atoms with Gasteiger partial charge in [-0.2, -0.15) is 0 Å². The predicted molar refractivity (Wildman–Crippen MR) is 80.8 cm³/mol. The van der Waals surface area contributed by atoms with Gasteiger partial charge in [-0.25, -0.2) is 4.57 Å². The fraction of sp³-hybridized carbons (Fsp3) is 0.235. The van der Waals surface area contributed by atoms with E-state index in [2.05, 4.69) is 42.1 Å². The molecule has 1 heterocycles. The van der Waals surface area contributed by atoms with Crippen LogP contribution in [0.1, 0.15) is 18.1 Å². The first-order valence-corrected chi connectivity index (χ1v) is 6.66. The molecular formula is C17H20NO2+. The molecule has 0 saturated carbocycles. The van der Waals surface area contributed by atoms with E-state index in [0.717, 1.165) is 29.2 Å². The van der Waals surface area contributed by atoms with Crippen molar-refractivity contribution in [2.45, 2.75) is 13.5 Å². The Hall–Kier alpha value is -2.29. The lowest BCUT2D eigenvalue weighted by Crippen LogP contribution is -2.30.